The molecule has 0 saturated carbocycles. The monoisotopic (exact) mass is 454 g/mol. The molecule has 2 fully saturated rings. The van der Waals surface area contributed by atoms with Gasteiger partial charge in [-0.15, -0.1) is 0 Å². The molecule has 7 heteroatoms. The summed E-state index contributed by atoms with van der Waals surface area (Å²) >= 11 is 0. The van der Waals surface area contributed by atoms with Crippen molar-refractivity contribution in [2.24, 2.45) is 5.73 Å². The largest absolute Gasteiger partial charge is 0.382 e. The van der Waals surface area contributed by atoms with Crippen LogP contribution < -0.4 is 11.1 Å². The molecule has 0 aromatic heterocycles. The number of piperidine rings is 1. The van der Waals surface area contributed by atoms with Gasteiger partial charge in [0.1, 0.15) is 6.29 Å². The number of amides is 1. The van der Waals surface area contributed by atoms with Crippen molar-refractivity contribution in [1.29, 1.82) is 0 Å². The van der Waals surface area contributed by atoms with E-state index < -0.39 is 0 Å². The normalized spacial score (nSPS) is 16.5. The number of hydrogen-bond acceptors (Lipinski definition) is 6. The van der Waals surface area contributed by atoms with Crippen molar-refractivity contribution in [3.8, 4) is 11.1 Å². The Morgan fingerprint density at radius 3 is 2.09 bits per heavy atom. The van der Waals surface area contributed by atoms with Gasteiger partial charge in [-0.3, -0.25) is 9.69 Å². The lowest BCUT2D eigenvalue weighted by atomic mass is 10.0. The highest BCUT2D eigenvalue weighted by Gasteiger charge is 2.23. The third kappa shape index (κ3) is 8.96. The number of carbonyl (C=O) groups is 2. The lowest BCUT2D eigenvalue weighted by Crippen LogP contribution is -2.48. The SMILES string of the molecule is CC=O.CN.O=C(CN1CCC(Nc2ccc(-c3ccccc3)cc2)CC1)N1CCOCC1. The predicted molar refractivity (Wildman–Crippen MR) is 134 cm³/mol. The molecule has 2 aliphatic heterocycles. The van der Waals surface area contributed by atoms with Crippen molar-refractivity contribution in [2.45, 2.75) is 25.8 Å². The zero-order valence-electron chi connectivity index (χ0n) is 19.9. The number of nitrogens with one attached hydrogen (secondary N) is 1. The number of carbonyl (C=O) groups excluding carboxylic acids is 2. The van der Waals surface area contributed by atoms with Crippen LogP contribution in [-0.2, 0) is 14.3 Å². The van der Waals surface area contributed by atoms with Gasteiger partial charge in [-0.25, -0.2) is 0 Å². The fourth-order valence-corrected chi connectivity index (χ4v) is 3.96. The fraction of sp³-hybridized carbons (Fsp3) is 0.462. The molecule has 7 nitrogen and oxygen atoms in total. The first-order valence-electron chi connectivity index (χ1n) is 11.7. The van der Waals surface area contributed by atoms with Gasteiger partial charge in [0.25, 0.3) is 0 Å². The summed E-state index contributed by atoms with van der Waals surface area (Å²) in [5.74, 6) is 0.242. The Labute approximate surface area is 197 Å². The summed E-state index contributed by atoms with van der Waals surface area (Å²) in [7, 11) is 1.50. The molecule has 0 spiro atoms. The molecular weight excluding hydrogens is 416 g/mol. The highest BCUT2D eigenvalue weighted by molar-refractivity contribution is 5.78. The lowest BCUT2D eigenvalue weighted by molar-refractivity contribution is -0.136. The van der Waals surface area contributed by atoms with E-state index in [1.807, 2.05) is 11.0 Å². The third-order valence-corrected chi connectivity index (χ3v) is 5.67. The average Bonchev–Trinajstić information content (AvgIpc) is 2.88. The fourth-order valence-electron chi connectivity index (χ4n) is 3.96. The number of nitrogens with two attached hydrogens (primary N) is 1. The van der Waals surface area contributed by atoms with Gasteiger partial charge in [0, 0.05) is 37.9 Å². The second-order valence-electron chi connectivity index (χ2n) is 7.87. The number of morpholine rings is 1. The van der Waals surface area contributed by atoms with E-state index in [1.165, 1.54) is 30.8 Å². The van der Waals surface area contributed by atoms with Crippen LogP contribution >= 0.6 is 0 Å². The summed E-state index contributed by atoms with van der Waals surface area (Å²) in [6, 6.07) is 19.6. The number of hydrogen-bond donors (Lipinski definition) is 2. The summed E-state index contributed by atoms with van der Waals surface area (Å²) < 4.78 is 5.33. The van der Waals surface area contributed by atoms with Gasteiger partial charge in [0.15, 0.2) is 0 Å². The smallest absolute Gasteiger partial charge is 0.236 e. The quantitative estimate of drug-likeness (QED) is 0.676. The van der Waals surface area contributed by atoms with E-state index in [2.05, 4.69) is 64.5 Å². The Bertz CT molecular complexity index is 800. The molecule has 0 unspecified atom stereocenters. The van der Waals surface area contributed by atoms with E-state index in [4.69, 9.17) is 9.53 Å². The van der Waals surface area contributed by atoms with Gasteiger partial charge in [-0.1, -0.05) is 42.5 Å². The summed E-state index contributed by atoms with van der Waals surface area (Å²) in [5.41, 5.74) is 8.15. The molecule has 0 bridgehead atoms. The molecule has 2 aliphatic rings. The van der Waals surface area contributed by atoms with Crippen molar-refractivity contribution in [3.05, 3.63) is 54.6 Å². The van der Waals surface area contributed by atoms with Crippen LogP contribution in [-0.4, -0.2) is 81.0 Å². The number of aldehydes is 1. The first-order chi connectivity index (χ1) is 16.2. The van der Waals surface area contributed by atoms with Crippen LogP contribution in [0.15, 0.2) is 54.6 Å². The van der Waals surface area contributed by atoms with Crippen molar-refractivity contribution in [3.63, 3.8) is 0 Å². The standard InChI is InChI=1S/C23H29N3O2.C2H4O.CH5N/c27-23(26-14-16-28-17-15-26)18-25-12-10-22(11-13-25)24-21-8-6-20(7-9-21)19-4-2-1-3-5-19;1-2-3;1-2/h1-9,22,24H,10-18H2;2H,1H3;2H2,1H3. The molecule has 2 saturated heterocycles. The molecule has 180 valence electrons. The van der Waals surface area contributed by atoms with E-state index in [-0.39, 0.29) is 5.91 Å². The molecule has 2 aromatic rings. The number of ether oxygens (including phenoxy) is 1. The van der Waals surface area contributed by atoms with Crippen LogP contribution in [0.4, 0.5) is 5.69 Å². The molecule has 0 atom stereocenters. The van der Waals surface area contributed by atoms with E-state index in [1.54, 1.807) is 0 Å². The number of likely N-dealkylation sites (tertiary alicyclic amines) is 1. The van der Waals surface area contributed by atoms with E-state index in [9.17, 15) is 4.79 Å². The molecule has 33 heavy (non-hydrogen) atoms. The van der Waals surface area contributed by atoms with Crippen molar-refractivity contribution < 1.29 is 14.3 Å². The summed E-state index contributed by atoms with van der Waals surface area (Å²) in [4.78, 5) is 25.4. The van der Waals surface area contributed by atoms with Crippen molar-refractivity contribution >= 4 is 17.9 Å². The topological polar surface area (TPSA) is 87.9 Å². The minimum atomic E-state index is 0.242. The number of benzene rings is 2. The van der Waals surface area contributed by atoms with Gasteiger partial charge in [0.05, 0.1) is 19.8 Å². The minimum Gasteiger partial charge on any atom is -0.382 e. The first-order valence-corrected chi connectivity index (χ1v) is 11.7. The summed E-state index contributed by atoms with van der Waals surface area (Å²) in [5, 5.41) is 3.66. The molecule has 2 heterocycles. The summed E-state index contributed by atoms with van der Waals surface area (Å²) in [6.07, 6.45) is 2.88. The number of rotatable bonds is 5. The zero-order chi connectivity index (χ0) is 23.9. The van der Waals surface area contributed by atoms with Crippen LogP contribution in [0.5, 0.6) is 0 Å². The van der Waals surface area contributed by atoms with E-state index in [0.717, 1.165) is 45.3 Å². The van der Waals surface area contributed by atoms with Gasteiger partial charge in [-0.2, -0.15) is 0 Å². The van der Waals surface area contributed by atoms with Crippen molar-refractivity contribution in [1.82, 2.24) is 9.80 Å². The first kappa shape index (κ1) is 26.5. The van der Waals surface area contributed by atoms with Gasteiger partial charge < -0.3 is 25.5 Å². The van der Waals surface area contributed by atoms with Gasteiger partial charge in [-0.05, 0) is 50.1 Å². The van der Waals surface area contributed by atoms with Crippen LogP contribution in [0.25, 0.3) is 11.1 Å². The highest BCUT2D eigenvalue weighted by Crippen LogP contribution is 2.23. The van der Waals surface area contributed by atoms with E-state index in [0.29, 0.717) is 25.8 Å². The maximum atomic E-state index is 12.4. The zero-order valence-corrected chi connectivity index (χ0v) is 19.9. The Kier molecular flexibility index (Phi) is 12.2. The maximum Gasteiger partial charge on any atom is 0.236 e. The molecule has 2 aromatic carbocycles. The number of anilines is 1. The highest BCUT2D eigenvalue weighted by atomic mass is 16.5. The lowest BCUT2D eigenvalue weighted by Gasteiger charge is -2.34. The van der Waals surface area contributed by atoms with Crippen LogP contribution in [0.1, 0.15) is 19.8 Å². The second-order valence-corrected chi connectivity index (χ2v) is 7.87. The molecular formula is C26H38N4O3. The van der Waals surface area contributed by atoms with Crippen LogP contribution in [0.3, 0.4) is 0 Å². The second kappa shape index (κ2) is 15.2. The maximum absolute atomic E-state index is 12.4. The van der Waals surface area contributed by atoms with Gasteiger partial charge in [0.2, 0.25) is 5.91 Å². The predicted octanol–water partition coefficient (Wildman–Crippen LogP) is 2.87. The molecule has 0 radical (unpaired) electrons. The molecule has 3 N–H and O–H groups in total. The van der Waals surface area contributed by atoms with E-state index >= 15 is 0 Å². The van der Waals surface area contributed by atoms with Crippen molar-refractivity contribution in [2.75, 3.05) is 58.3 Å². The Morgan fingerprint density at radius 2 is 1.52 bits per heavy atom. The number of nitrogens with zero attached hydrogens (tertiary/aromatic N) is 2. The van der Waals surface area contributed by atoms with Crippen LogP contribution in [0.2, 0.25) is 0 Å². The Balaban J connectivity index is 0.000000714. The molecule has 1 amide bonds. The van der Waals surface area contributed by atoms with Gasteiger partial charge >= 0.3 is 0 Å². The van der Waals surface area contributed by atoms with Crippen LogP contribution in [0, 0.1) is 0 Å². The molecule has 4 rings (SSSR count). The molecule has 0 aliphatic carbocycles. The summed E-state index contributed by atoms with van der Waals surface area (Å²) in [6.45, 7) is 6.72. The third-order valence-electron chi connectivity index (χ3n) is 5.67. The Hall–Kier alpha value is -2.74. The average molecular weight is 455 g/mol. The Morgan fingerprint density at radius 1 is 0.970 bits per heavy atom. The minimum absolute atomic E-state index is 0.242.